The molecule has 5 radical (unpaired) electrons. The fourth-order valence-corrected chi connectivity index (χ4v) is 18.6. The Hall–Kier alpha value is -8.26. The van der Waals surface area contributed by atoms with Crippen molar-refractivity contribution in [2.45, 2.75) is 120 Å². The molecule has 0 aliphatic heterocycles. The molecule has 14 nitrogen and oxygen atoms in total. The van der Waals surface area contributed by atoms with Crippen molar-refractivity contribution in [3.8, 4) is 80.5 Å². The van der Waals surface area contributed by atoms with Crippen LogP contribution in [0.25, 0.3) is 0 Å². The van der Waals surface area contributed by atoms with Gasteiger partial charge >= 0.3 is 0 Å². The van der Waals surface area contributed by atoms with E-state index in [1.807, 2.05) is 0 Å². The van der Waals surface area contributed by atoms with Crippen LogP contribution in [0.1, 0.15) is 127 Å². The van der Waals surface area contributed by atoms with Gasteiger partial charge in [0.15, 0.2) is 0 Å². The Morgan fingerprint density at radius 2 is 0.494 bits per heavy atom. The first-order chi connectivity index (χ1) is 36.4. The van der Waals surface area contributed by atoms with Gasteiger partial charge in [-0.3, -0.25) is 0 Å². The van der Waals surface area contributed by atoms with Crippen molar-refractivity contribution in [3.63, 3.8) is 0 Å². The normalized spacial score (nSPS) is 31.4. The standard InChI is InChI=1S/C63H55O14/c1-33-12-53(75)44(18-52(33)74)61-25-59(42-16-37(67)5-10-50(42)72)24-60(26-61,43-17-38(68)6-11-51(43)73)31-63(30-59,32-61)46-20-54(76)45(19-55(46)77)62-27-56(39-13-34(64)2-7-47(39)69)21-57(28-62,40-14-35(65)3-8-48(40)70)23-58(22-56,29-62)41-15-36(66)4-9-49(41)71/h1-2,5,7-20,64-77H,21-32H2. The van der Waals surface area contributed by atoms with Crippen LogP contribution >= 0.6 is 0 Å². The molecule has 391 valence electrons. The lowest BCUT2D eigenvalue weighted by Gasteiger charge is -2.72. The number of hydrogen-bond acceptors (Lipinski definition) is 14. The predicted molar refractivity (Wildman–Crippen MR) is 277 cm³/mol. The van der Waals surface area contributed by atoms with E-state index >= 15 is 0 Å². The smallest absolute Gasteiger partial charge is 0.124 e. The molecule has 14 N–H and O–H groups in total. The minimum atomic E-state index is -1.23. The lowest BCUT2D eigenvalue weighted by Crippen LogP contribution is -2.67. The van der Waals surface area contributed by atoms with E-state index < -0.39 is 43.3 Å². The van der Waals surface area contributed by atoms with E-state index in [9.17, 15) is 71.5 Å². The van der Waals surface area contributed by atoms with Crippen LogP contribution in [0.4, 0.5) is 0 Å². The lowest BCUT2D eigenvalue weighted by atomic mass is 9.31. The van der Waals surface area contributed by atoms with E-state index in [2.05, 4.69) is 18.2 Å². The van der Waals surface area contributed by atoms with Crippen molar-refractivity contribution in [2.75, 3.05) is 0 Å². The van der Waals surface area contributed by atoms with Gasteiger partial charge in [0.25, 0.3) is 0 Å². The first kappa shape index (κ1) is 48.4. The second-order valence-corrected chi connectivity index (χ2v) is 24.4. The maximum atomic E-state index is 13.2. The zero-order valence-electron chi connectivity index (χ0n) is 41.6. The van der Waals surface area contributed by atoms with Crippen molar-refractivity contribution >= 4 is 0 Å². The van der Waals surface area contributed by atoms with E-state index in [0.717, 1.165) is 0 Å². The quantitative estimate of drug-likeness (QED) is 0.0631. The molecule has 0 saturated heterocycles. The van der Waals surface area contributed by atoms with E-state index in [1.54, 1.807) is 0 Å². The van der Waals surface area contributed by atoms with Crippen molar-refractivity contribution in [2.24, 2.45) is 0 Å². The maximum absolute atomic E-state index is 13.2. The lowest BCUT2D eigenvalue weighted by molar-refractivity contribution is -0.0736. The number of rotatable bonds is 8. The number of phenolic OH excluding ortho intramolecular Hbond substituents is 14. The second kappa shape index (κ2) is 15.5. The molecule has 8 aliphatic carbocycles. The van der Waals surface area contributed by atoms with Gasteiger partial charge in [-0.2, -0.15) is 0 Å². The third-order valence-corrected chi connectivity index (χ3v) is 19.7. The highest BCUT2D eigenvalue weighted by Gasteiger charge is 2.73. The molecular formula is C63H55O14. The molecule has 8 aliphatic rings. The van der Waals surface area contributed by atoms with Crippen LogP contribution in [0.2, 0.25) is 0 Å². The summed E-state index contributed by atoms with van der Waals surface area (Å²) in [4.78, 5) is 0. The number of benzene rings is 7. The zero-order valence-corrected chi connectivity index (χ0v) is 41.6. The average molecular weight is 1040 g/mol. The summed E-state index contributed by atoms with van der Waals surface area (Å²) in [5, 5.41) is 165. The van der Waals surface area contributed by atoms with Crippen LogP contribution in [0.5, 0.6) is 80.5 Å². The van der Waals surface area contributed by atoms with Crippen molar-refractivity contribution in [1.82, 2.24) is 0 Å². The molecule has 8 saturated carbocycles. The summed E-state index contributed by atoms with van der Waals surface area (Å²) >= 11 is 0. The van der Waals surface area contributed by atoms with Crippen LogP contribution in [-0.4, -0.2) is 71.5 Å². The Balaban J connectivity index is 1.07. The Morgan fingerprint density at radius 1 is 0.260 bits per heavy atom. The van der Waals surface area contributed by atoms with Crippen LogP contribution < -0.4 is 0 Å². The SMILES string of the molecule is [CH]c1cc(O)c(C23CC4(c5cc(O)[c]cc5O)CC(c5cc(O)ccc5O)(C2)CC(c2cc(O)c(C56CC7(c8cc(O)[c]cc8O)CC(c8cc(O)[c]cc8O)(CC(c8cc(O)ccc8O)(C7)C5)C6)cc2O)(C4)C3)cc1O. The first-order valence-electron chi connectivity index (χ1n) is 25.7. The second-order valence-electron chi connectivity index (χ2n) is 24.4. The fourth-order valence-electron chi connectivity index (χ4n) is 18.6. The first-order valence-corrected chi connectivity index (χ1v) is 25.7. The molecule has 8 bridgehead atoms. The van der Waals surface area contributed by atoms with Gasteiger partial charge in [-0.05, 0) is 174 Å². The van der Waals surface area contributed by atoms with Gasteiger partial charge in [0.05, 0.1) is 0 Å². The summed E-state index contributed by atoms with van der Waals surface area (Å²) in [7, 11) is 0. The summed E-state index contributed by atoms with van der Waals surface area (Å²) in [5.74, 6) is -2.95. The van der Waals surface area contributed by atoms with E-state index in [-0.39, 0.29) is 174 Å². The highest BCUT2D eigenvalue weighted by Crippen LogP contribution is 2.80. The topological polar surface area (TPSA) is 283 Å². The molecule has 8 fully saturated rings. The van der Waals surface area contributed by atoms with Crippen LogP contribution in [0.3, 0.4) is 0 Å². The van der Waals surface area contributed by atoms with E-state index in [1.165, 1.54) is 97.1 Å². The molecule has 0 aromatic heterocycles. The summed E-state index contributed by atoms with van der Waals surface area (Å²) < 4.78 is 0. The Labute approximate surface area is 443 Å². The minimum Gasteiger partial charge on any atom is -0.508 e. The van der Waals surface area contributed by atoms with Crippen molar-refractivity contribution in [1.29, 1.82) is 0 Å². The summed E-state index contributed by atoms with van der Waals surface area (Å²) in [6.45, 7) is 6.16. The minimum absolute atomic E-state index is 0.0791. The highest BCUT2D eigenvalue weighted by molar-refractivity contribution is 5.64. The van der Waals surface area contributed by atoms with Crippen molar-refractivity contribution in [3.05, 3.63) is 172 Å². The fraction of sp³-hybridized carbons (Fsp3) is 0.317. The zero-order chi connectivity index (χ0) is 54.2. The molecule has 0 spiro atoms. The van der Waals surface area contributed by atoms with Gasteiger partial charge < -0.3 is 71.5 Å². The summed E-state index contributed by atoms with van der Waals surface area (Å²) in [6.07, 6.45) is 2.58. The van der Waals surface area contributed by atoms with Crippen LogP contribution in [0.15, 0.2) is 97.1 Å². The third-order valence-electron chi connectivity index (χ3n) is 19.7. The molecule has 15 rings (SSSR count). The summed E-state index contributed by atoms with van der Waals surface area (Å²) in [6, 6.07) is 30.3. The Kier molecular flexibility index (Phi) is 9.71. The number of phenols is 14. The van der Waals surface area contributed by atoms with Gasteiger partial charge in [0, 0.05) is 119 Å². The third kappa shape index (κ3) is 6.72. The van der Waals surface area contributed by atoms with Crippen LogP contribution in [0, 0.1) is 25.1 Å². The maximum Gasteiger partial charge on any atom is 0.124 e. The molecule has 7 aromatic rings. The van der Waals surface area contributed by atoms with Gasteiger partial charge in [-0.15, -0.1) is 0 Å². The van der Waals surface area contributed by atoms with Gasteiger partial charge in [0.1, 0.15) is 80.5 Å². The Bertz CT molecular complexity index is 3450. The Morgan fingerprint density at radius 3 is 0.779 bits per heavy atom. The van der Waals surface area contributed by atoms with Gasteiger partial charge in [-0.25, -0.2) is 0 Å². The monoisotopic (exact) mass is 1040 g/mol. The molecule has 0 heterocycles. The molecule has 6 atom stereocenters. The highest BCUT2D eigenvalue weighted by atomic mass is 16.3. The molecule has 14 heteroatoms. The van der Waals surface area contributed by atoms with Gasteiger partial charge in [0.2, 0.25) is 0 Å². The molecule has 0 amide bonds. The van der Waals surface area contributed by atoms with Crippen LogP contribution in [-0.2, 0) is 43.3 Å². The van der Waals surface area contributed by atoms with Gasteiger partial charge in [-0.1, -0.05) is 0 Å². The largest absolute Gasteiger partial charge is 0.508 e. The molecule has 6 unspecified atom stereocenters. The molecule has 7 aromatic carbocycles. The molecular weight excluding hydrogens is 981 g/mol. The van der Waals surface area contributed by atoms with E-state index in [4.69, 9.17) is 6.92 Å². The average Bonchev–Trinajstić information content (AvgIpc) is 1.75. The summed E-state index contributed by atoms with van der Waals surface area (Å²) in [5.41, 5.74) is -6.78. The van der Waals surface area contributed by atoms with Crippen molar-refractivity contribution < 1.29 is 71.5 Å². The number of aromatic hydroxyl groups is 14. The predicted octanol–water partition coefficient (Wildman–Crippen LogP) is 9.89. The molecule has 77 heavy (non-hydrogen) atoms. The number of hydrogen-bond donors (Lipinski definition) is 14. The van der Waals surface area contributed by atoms with E-state index in [0.29, 0.717) is 33.4 Å².